The van der Waals surface area contributed by atoms with Gasteiger partial charge in [-0.1, -0.05) is 22.9 Å². The van der Waals surface area contributed by atoms with E-state index in [9.17, 15) is 9.59 Å². The topological polar surface area (TPSA) is 79.3 Å². The van der Waals surface area contributed by atoms with Crippen molar-refractivity contribution in [1.82, 2.24) is 24.8 Å². The molecule has 3 aromatic heterocycles. The van der Waals surface area contributed by atoms with E-state index < -0.39 is 0 Å². The second-order valence-corrected chi connectivity index (χ2v) is 9.93. The number of carbonyl (C=O) groups is 2. The van der Waals surface area contributed by atoms with Gasteiger partial charge in [0, 0.05) is 56.9 Å². The lowest BCUT2D eigenvalue weighted by Crippen LogP contribution is -2.50. The number of hydrogen-bond acceptors (Lipinski definition) is 7. The molecule has 0 bridgehead atoms. The second-order valence-electron chi connectivity index (χ2n) is 7.50. The van der Waals surface area contributed by atoms with E-state index in [2.05, 4.69) is 15.0 Å². The fourth-order valence-electron chi connectivity index (χ4n) is 3.47. The number of piperazine rings is 1. The van der Waals surface area contributed by atoms with Crippen LogP contribution in [0.1, 0.15) is 23.2 Å². The Morgan fingerprint density at radius 2 is 1.55 bits per heavy atom. The molecule has 0 unspecified atom stereocenters. The molecule has 2 amide bonds. The third-order valence-corrected chi connectivity index (χ3v) is 7.61. The largest absolute Gasteiger partial charge is 0.339 e. The molecule has 9 heteroatoms. The number of carbonyl (C=O) groups excluding carboxylic acids is 2. The third-order valence-electron chi connectivity index (χ3n) is 5.26. The second kappa shape index (κ2) is 11.8. The van der Waals surface area contributed by atoms with E-state index in [-0.39, 0.29) is 11.8 Å². The molecule has 1 aliphatic heterocycles. The molecule has 0 atom stereocenters. The van der Waals surface area contributed by atoms with Crippen molar-refractivity contribution in [2.75, 3.05) is 31.9 Å². The molecular weight excluding hydrogens is 454 g/mol. The lowest BCUT2D eigenvalue weighted by molar-refractivity contribution is -0.132. The van der Waals surface area contributed by atoms with Gasteiger partial charge in [0.15, 0.2) is 0 Å². The van der Waals surface area contributed by atoms with Crippen LogP contribution >= 0.6 is 21.6 Å². The number of rotatable bonds is 8. The molecule has 0 spiro atoms. The Morgan fingerprint density at radius 3 is 2.21 bits per heavy atom. The highest BCUT2D eigenvalue weighted by atomic mass is 33.1. The van der Waals surface area contributed by atoms with Gasteiger partial charge in [0.25, 0.3) is 5.91 Å². The van der Waals surface area contributed by atoms with Crippen LogP contribution in [0.25, 0.3) is 11.4 Å². The van der Waals surface area contributed by atoms with E-state index in [0.29, 0.717) is 38.2 Å². The van der Waals surface area contributed by atoms with Crippen molar-refractivity contribution in [1.29, 1.82) is 0 Å². The maximum atomic E-state index is 12.8. The van der Waals surface area contributed by atoms with Crippen molar-refractivity contribution in [3.8, 4) is 11.4 Å². The van der Waals surface area contributed by atoms with Crippen LogP contribution in [0, 0.1) is 0 Å². The molecule has 3 aromatic rings. The lowest BCUT2D eigenvalue weighted by Gasteiger charge is -2.34. The molecule has 7 nitrogen and oxygen atoms in total. The van der Waals surface area contributed by atoms with Gasteiger partial charge in [0.05, 0.1) is 17.0 Å². The SMILES string of the molecule is O=C(CCCSSc1ccccn1)N1CCN(C(=O)c2ccc(-c3ccccn3)nc2)CC1. The highest BCUT2D eigenvalue weighted by Crippen LogP contribution is 2.29. The Hall–Kier alpha value is -2.91. The summed E-state index contributed by atoms with van der Waals surface area (Å²) in [5.74, 6) is 1.00. The molecule has 33 heavy (non-hydrogen) atoms. The first kappa shape index (κ1) is 23.3. The van der Waals surface area contributed by atoms with Gasteiger partial charge in [-0.15, -0.1) is 0 Å². The summed E-state index contributed by atoms with van der Waals surface area (Å²) in [7, 11) is 3.35. The van der Waals surface area contributed by atoms with Crippen LogP contribution < -0.4 is 0 Å². The Morgan fingerprint density at radius 1 is 0.818 bits per heavy atom. The van der Waals surface area contributed by atoms with Crippen molar-refractivity contribution in [3.63, 3.8) is 0 Å². The highest BCUT2D eigenvalue weighted by Gasteiger charge is 2.24. The fourth-order valence-corrected chi connectivity index (χ4v) is 5.43. The summed E-state index contributed by atoms with van der Waals surface area (Å²) in [6, 6.07) is 15.1. The summed E-state index contributed by atoms with van der Waals surface area (Å²) in [5.41, 5.74) is 2.06. The minimum absolute atomic E-state index is 0.0508. The number of nitrogens with zero attached hydrogens (tertiary/aromatic N) is 5. The summed E-state index contributed by atoms with van der Waals surface area (Å²) < 4.78 is 0. The van der Waals surface area contributed by atoms with E-state index >= 15 is 0 Å². The van der Waals surface area contributed by atoms with E-state index in [0.717, 1.165) is 28.6 Å². The zero-order valence-corrected chi connectivity index (χ0v) is 19.8. The van der Waals surface area contributed by atoms with Crippen LogP contribution in [-0.4, -0.2) is 68.5 Å². The molecule has 4 heterocycles. The molecule has 0 aromatic carbocycles. The Kier molecular flexibility index (Phi) is 8.32. The standard InChI is InChI=1S/C24H25N5O2S2/c30-23(8-5-17-32-33-22-7-2-4-12-26-22)28-13-15-29(16-14-28)24(31)19-9-10-21(27-18-19)20-6-1-3-11-25-20/h1-4,6-7,9-12,18H,5,8,13-17H2. The van der Waals surface area contributed by atoms with E-state index in [1.165, 1.54) is 0 Å². The monoisotopic (exact) mass is 479 g/mol. The van der Waals surface area contributed by atoms with Gasteiger partial charge < -0.3 is 9.80 Å². The van der Waals surface area contributed by atoms with Gasteiger partial charge in [0.2, 0.25) is 5.91 Å². The summed E-state index contributed by atoms with van der Waals surface area (Å²) in [6.45, 7) is 2.22. The average Bonchev–Trinajstić information content (AvgIpc) is 2.89. The van der Waals surface area contributed by atoms with Gasteiger partial charge in [-0.25, -0.2) is 4.98 Å². The zero-order valence-electron chi connectivity index (χ0n) is 18.2. The molecule has 1 fully saturated rings. The maximum absolute atomic E-state index is 12.8. The maximum Gasteiger partial charge on any atom is 0.255 e. The molecule has 0 saturated carbocycles. The van der Waals surface area contributed by atoms with Gasteiger partial charge >= 0.3 is 0 Å². The summed E-state index contributed by atoms with van der Waals surface area (Å²) in [4.78, 5) is 42.0. The number of aromatic nitrogens is 3. The quantitative estimate of drug-likeness (QED) is 0.356. The van der Waals surface area contributed by atoms with Crippen LogP contribution in [0.3, 0.4) is 0 Å². The van der Waals surface area contributed by atoms with Crippen LogP contribution in [0.5, 0.6) is 0 Å². The van der Waals surface area contributed by atoms with Crippen LogP contribution in [0.4, 0.5) is 0 Å². The number of pyridine rings is 3. The van der Waals surface area contributed by atoms with Crippen molar-refractivity contribution < 1.29 is 9.59 Å². The molecule has 0 N–H and O–H groups in total. The van der Waals surface area contributed by atoms with Crippen molar-refractivity contribution in [2.24, 2.45) is 0 Å². The first-order valence-electron chi connectivity index (χ1n) is 10.9. The van der Waals surface area contributed by atoms with Crippen LogP contribution in [0.2, 0.25) is 0 Å². The summed E-state index contributed by atoms with van der Waals surface area (Å²) >= 11 is 0. The van der Waals surface area contributed by atoms with Crippen molar-refractivity contribution >= 4 is 33.4 Å². The Labute approximate surface area is 201 Å². The fraction of sp³-hybridized carbons (Fsp3) is 0.292. The van der Waals surface area contributed by atoms with Gasteiger partial charge in [-0.05, 0) is 53.6 Å². The van der Waals surface area contributed by atoms with Gasteiger partial charge in [-0.2, -0.15) is 0 Å². The zero-order chi connectivity index (χ0) is 22.9. The normalized spacial score (nSPS) is 13.7. The lowest BCUT2D eigenvalue weighted by atomic mass is 10.1. The molecule has 0 aliphatic carbocycles. The first-order valence-corrected chi connectivity index (χ1v) is 13.2. The third kappa shape index (κ3) is 6.55. The van der Waals surface area contributed by atoms with Crippen molar-refractivity contribution in [3.05, 3.63) is 72.7 Å². The summed E-state index contributed by atoms with van der Waals surface area (Å²) in [6.07, 6.45) is 6.46. The molecule has 0 radical (unpaired) electrons. The van der Waals surface area contributed by atoms with E-state index in [4.69, 9.17) is 0 Å². The smallest absolute Gasteiger partial charge is 0.255 e. The van der Waals surface area contributed by atoms with Crippen LogP contribution in [-0.2, 0) is 4.79 Å². The van der Waals surface area contributed by atoms with Gasteiger partial charge in [-0.3, -0.25) is 19.6 Å². The molecule has 170 valence electrons. The average molecular weight is 480 g/mol. The van der Waals surface area contributed by atoms with E-state index in [1.54, 1.807) is 51.1 Å². The van der Waals surface area contributed by atoms with Gasteiger partial charge in [0.1, 0.15) is 5.03 Å². The van der Waals surface area contributed by atoms with E-state index in [1.807, 2.05) is 47.4 Å². The first-order chi connectivity index (χ1) is 16.2. The number of hydrogen-bond donors (Lipinski definition) is 0. The molecule has 4 rings (SSSR count). The molecule has 1 saturated heterocycles. The minimum Gasteiger partial charge on any atom is -0.339 e. The van der Waals surface area contributed by atoms with Crippen LogP contribution in [0.15, 0.2) is 72.1 Å². The predicted molar refractivity (Wildman–Crippen MR) is 132 cm³/mol. The number of amides is 2. The molecular formula is C24H25N5O2S2. The minimum atomic E-state index is -0.0508. The molecule has 1 aliphatic rings. The Bertz CT molecular complexity index is 1040. The summed E-state index contributed by atoms with van der Waals surface area (Å²) in [5, 5.41) is 0.983. The Balaban J connectivity index is 1.18. The highest BCUT2D eigenvalue weighted by molar-refractivity contribution is 8.76. The predicted octanol–water partition coefficient (Wildman–Crippen LogP) is 4.04. The van der Waals surface area contributed by atoms with Crippen molar-refractivity contribution in [2.45, 2.75) is 17.9 Å².